The Morgan fingerprint density at radius 1 is 0.667 bits per heavy atom. The number of guanidine groups is 2. The lowest BCUT2D eigenvalue weighted by molar-refractivity contribution is -0.142. The van der Waals surface area contributed by atoms with Crippen molar-refractivity contribution in [1.29, 1.82) is 0 Å². The van der Waals surface area contributed by atoms with E-state index in [-0.39, 0.29) is 43.1 Å². The van der Waals surface area contributed by atoms with Crippen molar-refractivity contribution in [3.63, 3.8) is 0 Å². The van der Waals surface area contributed by atoms with Crippen LogP contribution in [0, 0.1) is 11.8 Å². The van der Waals surface area contributed by atoms with E-state index < -0.39 is 47.9 Å². The monoisotopic (exact) mass is 556 g/mol. The number of hydrogen-bond acceptors (Lipinski definition) is 7. The van der Waals surface area contributed by atoms with E-state index in [9.17, 15) is 24.3 Å². The standard InChI is InChI=1S/C24H48N10O5/c1-13(2)11-17(33-19(35)15(25)7-5-9-30-23(26)27)21(37)34-18(12-14(3)4)20(36)32-16(22(38)39)8-6-10-31-24(28)29/h13-18H,5-12,25H2,1-4H3,(H,32,36)(H,33,35)(H,34,37)(H,38,39)(H4,26,27,30)(H4,28,29,31)/t15-,16-,17-,18-/m0/s1. The first-order valence-electron chi connectivity index (χ1n) is 13.1. The molecule has 4 atom stereocenters. The molecule has 14 N–H and O–H groups in total. The van der Waals surface area contributed by atoms with Gasteiger partial charge in [-0.15, -0.1) is 0 Å². The SMILES string of the molecule is CC(C)C[C@H](NC(=O)[C@H](CC(C)C)NC(=O)[C@@H](N)CCCN=C(N)N)C(=O)N[C@@H](CCCN=C(N)N)C(=O)O. The molecule has 0 saturated carbocycles. The van der Waals surface area contributed by atoms with Crippen LogP contribution in [0.15, 0.2) is 9.98 Å². The van der Waals surface area contributed by atoms with Crippen LogP contribution in [-0.2, 0) is 19.2 Å². The summed E-state index contributed by atoms with van der Waals surface area (Å²) in [6, 6.07) is -4.04. The normalized spacial score (nSPS) is 14.0. The van der Waals surface area contributed by atoms with Crippen molar-refractivity contribution in [1.82, 2.24) is 16.0 Å². The largest absolute Gasteiger partial charge is 0.480 e. The number of aliphatic carboxylic acids is 1. The van der Waals surface area contributed by atoms with Crippen LogP contribution in [0.4, 0.5) is 0 Å². The predicted octanol–water partition coefficient (Wildman–Crippen LogP) is -1.95. The Kier molecular flexibility index (Phi) is 16.9. The molecule has 0 heterocycles. The Morgan fingerprint density at radius 2 is 1.05 bits per heavy atom. The average molecular weight is 557 g/mol. The topological polar surface area (TPSA) is 279 Å². The van der Waals surface area contributed by atoms with Gasteiger partial charge in [-0.3, -0.25) is 24.4 Å². The van der Waals surface area contributed by atoms with Crippen molar-refractivity contribution in [2.24, 2.45) is 50.5 Å². The van der Waals surface area contributed by atoms with Gasteiger partial charge in [0, 0.05) is 13.1 Å². The number of carbonyl (C=O) groups excluding carboxylic acids is 3. The summed E-state index contributed by atoms with van der Waals surface area (Å²) in [5, 5.41) is 17.4. The number of carboxylic acid groups (broad SMARTS) is 1. The van der Waals surface area contributed by atoms with Crippen molar-refractivity contribution in [3.05, 3.63) is 0 Å². The maximum Gasteiger partial charge on any atom is 0.326 e. The van der Waals surface area contributed by atoms with Crippen LogP contribution in [0.1, 0.15) is 66.2 Å². The van der Waals surface area contributed by atoms with Gasteiger partial charge in [-0.05, 0) is 50.4 Å². The summed E-state index contributed by atoms with van der Waals surface area (Å²) < 4.78 is 0. The van der Waals surface area contributed by atoms with E-state index in [4.69, 9.17) is 28.7 Å². The quantitative estimate of drug-likeness (QED) is 0.0481. The van der Waals surface area contributed by atoms with Gasteiger partial charge in [-0.1, -0.05) is 27.7 Å². The second-order valence-electron chi connectivity index (χ2n) is 10.3. The molecule has 39 heavy (non-hydrogen) atoms. The zero-order valence-corrected chi connectivity index (χ0v) is 23.5. The fraction of sp³-hybridized carbons (Fsp3) is 0.750. The molecule has 0 radical (unpaired) electrons. The van der Waals surface area contributed by atoms with E-state index in [1.165, 1.54) is 0 Å². The summed E-state index contributed by atoms with van der Waals surface area (Å²) in [6.45, 7) is 8.04. The predicted molar refractivity (Wildman–Crippen MR) is 150 cm³/mol. The van der Waals surface area contributed by atoms with Crippen molar-refractivity contribution in [3.8, 4) is 0 Å². The van der Waals surface area contributed by atoms with Gasteiger partial charge in [0.05, 0.1) is 6.04 Å². The van der Waals surface area contributed by atoms with Gasteiger partial charge in [0.1, 0.15) is 18.1 Å². The fourth-order valence-corrected chi connectivity index (χ4v) is 3.64. The van der Waals surface area contributed by atoms with Gasteiger partial charge in [-0.2, -0.15) is 0 Å². The smallest absolute Gasteiger partial charge is 0.326 e. The molecule has 15 nitrogen and oxygen atoms in total. The molecule has 0 fully saturated rings. The Bertz CT molecular complexity index is 854. The van der Waals surface area contributed by atoms with E-state index in [1.54, 1.807) is 0 Å². The first-order chi connectivity index (χ1) is 18.1. The van der Waals surface area contributed by atoms with E-state index in [0.717, 1.165) is 0 Å². The molecule has 0 saturated heterocycles. The zero-order valence-electron chi connectivity index (χ0n) is 23.5. The minimum absolute atomic E-state index is 0.00275. The van der Waals surface area contributed by atoms with Crippen LogP contribution in [0.25, 0.3) is 0 Å². The maximum atomic E-state index is 13.2. The third kappa shape index (κ3) is 16.8. The number of amides is 3. The van der Waals surface area contributed by atoms with Gasteiger partial charge in [0.25, 0.3) is 0 Å². The first-order valence-corrected chi connectivity index (χ1v) is 13.1. The average Bonchev–Trinajstić information content (AvgIpc) is 2.81. The number of nitrogens with one attached hydrogen (secondary N) is 3. The van der Waals surface area contributed by atoms with Crippen molar-refractivity contribution in [2.75, 3.05) is 13.1 Å². The van der Waals surface area contributed by atoms with Crippen LogP contribution in [-0.4, -0.2) is 78.0 Å². The number of hydrogen-bond donors (Lipinski definition) is 9. The molecule has 0 aromatic rings. The highest BCUT2D eigenvalue weighted by Crippen LogP contribution is 2.10. The van der Waals surface area contributed by atoms with Gasteiger partial charge in [0.2, 0.25) is 17.7 Å². The molecular formula is C24H48N10O5. The molecule has 0 aromatic heterocycles. The Balaban J connectivity index is 5.41. The number of nitrogens with zero attached hydrogens (tertiary/aromatic N) is 2. The second-order valence-corrected chi connectivity index (χ2v) is 10.3. The lowest BCUT2D eigenvalue weighted by atomic mass is 9.99. The van der Waals surface area contributed by atoms with Crippen LogP contribution in [0.3, 0.4) is 0 Å². The Hall–Kier alpha value is -3.62. The summed E-state index contributed by atoms with van der Waals surface area (Å²) in [5.41, 5.74) is 27.1. The molecule has 0 aliphatic carbocycles. The molecule has 0 rings (SSSR count). The van der Waals surface area contributed by atoms with Crippen LogP contribution in [0.5, 0.6) is 0 Å². The molecule has 0 unspecified atom stereocenters. The highest BCUT2D eigenvalue weighted by Gasteiger charge is 2.31. The van der Waals surface area contributed by atoms with Crippen molar-refractivity contribution in [2.45, 2.75) is 90.4 Å². The van der Waals surface area contributed by atoms with Crippen molar-refractivity contribution >= 4 is 35.6 Å². The Labute approximate surface area is 230 Å². The Morgan fingerprint density at radius 3 is 1.44 bits per heavy atom. The summed E-state index contributed by atoms with van der Waals surface area (Å²) in [7, 11) is 0. The van der Waals surface area contributed by atoms with Crippen LogP contribution in [0.2, 0.25) is 0 Å². The maximum absolute atomic E-state index is 13.2. The lowest BCUT2D eigenvalue weighted by Crippen LogP contribution is -2.57. The molecule has 0 spiro atoms. The summed E-state index contributed by atoms with van der Waals surface area (Å²) in [5.74, 6) is -3.06. The van der Waals surface area contributed by atoms with Gasteiger partial charge in [0.15, 0.2) is 11.9 Å². The number of rotatable bonds is 19. The lowest BCUT2D eigenvalue weighted by Gasteiger charge is -2.27. The van der Waals surface area contributed by atoms with Crippen molar-refractivity contribution < 1.29 is 24.3 Å². The number of nitrogens with two attached hydrogens (primary N) is 5. The van der Waals surface area contributed by atoms with Crippen LogP contribution >= 0.6 is 0 Å². The molecular weight excluding hydrogens is 508 g/mol. The zero-order chi connectivity index (χ0) is 30.1. The number of aliphatic imine (C=N–C) groups is 2. The number of carboxylic acids is 1. The third-order valence-corrected chi connectivity index (χ3v) is 5.54. The van der Waals surface area contributed by atoms with E-state index in [1.807, 2.05) is 27.7 Å². The van der Waals surface area contributed by atoms with Gasteiger partial charge in [-0.25, -0.2) is 4.79 Å². The first kappa shape index (κ1) is 35.4. The van der Waals surface area contributed by atoms with E-state index in [2.05, 4.69) is 25.9 Å². The molecule has 224 valence electrons. The highest BCUT2D eigenvalue weighted by molar-refractivity contribution is 5.94. The highest BCUT2D eigenvalue weighted by atomic mass is 16.4. The minimum atomic E-state index is -1.22. The summed E-state index contributed by atoms with van der Waals surface area (Å²) >= 11 is 0. The summed E-state index contributed by atoms with van der Waals surface area (Å²) in [6.07, 6.45) is 1.75. The molecule has 0 aliphatic heterocycles. The third-order valence-electron chi connectivity index (χ3n) is 5.54. The molecule has 0 aliphatic rings. The fourth-order valence-electron chi connectivity index (χ4n) is 3.64. The molecule has 0 bridgehead atoms. The van der Waals surface area contributed by atoms with E-state index >= 15 is 0 Å². The second kappa shape index (κ2) is 18.6. The van der Waals surface area contributed by atoms with E-state index in [0.29, 0.717) is 32.2 Å². The molecule has 3 amide bonds. The van der Waals surface area contributed by atoms with Gasteiger partial charge < -0.3 is 49.7 Å². The summed E-state index contributed by atoms with van der Waals surface area (Å²) in [4.78, 5) is 58.3. The number of carbonyl (C=O) groups is 4. The minimum Gasteiger partial charge on any atom is -0.480 e. The molecule has 0 aromatic carbocycles. The van der Waals surface area contributed by atoms with Gasteiger partial charge >= 0.3 is 5.97 Å². The van der Waals surface area contributed by atoms with Crippen LogP contribution < -0.4 is 44.6 Å². The molecule has 15 heteroatoms.